The topological polar surface area (TPSA) is 94.3 Å². The van der Waals surface area contributed by atoms with Crippen LogP contribution in [0.1, 0.15) is 17.3 Å². The Kier molecular flexibility index (Phi) is 6.22. The van der Waals surface area contributed by atoms with E-state index >= 15 is 0 Å². The van der Waals surface area contributed by atoms with Gasteiger partial charge >= 0.3 is 5.97 Å². The van der Waals surface area contributed by atoms with Gasteiger partial charge in [0.1, 0.15) is 0 Å². The molecule has 1 heterocycles. The van der Waals surface area contributed by atoms with E-state index in [0.29, 0.717) is 29.0 Å². The molecule has 0 aliphatic carbocycles. The fraction of sp³-hybridized carbons (Fsp3) is 0.158. The number of nitrogens with one attached hydrogen (secondary N) is 1. The molecule has 1 aromatic heterocycles. The Hall–Kier alpha value is -3.13. The highest BCUT2D eigenvalue weighted by Crippen LogP contribution is 2.23. The molecule has 0 aliphatic rings. The molecular formula is C19H17N3O4S. The van der Waals surface area contributed by atoms with Gasteiger partial charge in [-0.05, 0) is 43.3 Å². The normalized spacial score (nSPS) is 10.4. The van der Waals surface area contributed by atoms with Crippen molar-refractivity contribution in [3.63, 3.8) is 0 Å². The molecule has 1 N–H and O–H groups in total. The Labute approximate surface area is 160 Å². The van der Waals surface area contributed by atoms with E-state index in [-0.39, 0.29) is 11.7 Å². The van der Waals surface area contributed by atoms with Gasteiger partial charge in [-0.25, -0.2) is 4.79 Å². The lowest BCUT2D eigenvalue weighted by Crippen LogP contribution is -2.14. The predicted octanol–water partition coefficient (Wildman–Crippen LogP) is 3.64. The first-order valence-electron chi connectivity index (χ1n) is 8.24. The van der Waals surface area contributed by atoms with Crippen molar-refractivity contribution in [1.29, 1.82) is 0 Å². The second-order valence-corrected chi connectivity index (χ2v) is 6.30. The van der Waals surface area contributed by atoms with Gasteiger partial charge in [0.05, 0.1) is 17.9 Å². The number of hydrogen-bond acceptors (Lipinski definition) is 7. The molecule has 138 valence electrons. The molecule has 0 atom stereocenters. The molecule has 8 heteroatoms. The number of anilines is 1. The van der Waals surface area contributed by atoms with Crippen LogP contribution in [0.25, 0.3) is 11.5 Å². The zero-order chi connectivity index (χ0) is 19.1. The van der Waals surface area contributed by atoms with E-state index in [1.165, 1.54) is 0 Å². The molecule has 2 aromatic carbocycles. The highest BCUT2D eigenvalue weighted by molar-refractivity contribution is 7.99. The average Bonchev–Trinajstić information content (AvgIpc) is 3.17. The van der Waals surface area contributed by atoms with Crippen LogP contribution < -0.4 is 5.32 Å². The number of esters is 1. The maximum atomic E-state index is 12.1. The third-order valence-electron chi connectivity index (χ3n) is 3.43. The minimum atomic E-state index is -0.392. The van der Waals surface area contributed by atoms with Crippen molar-refractivity contribution >= 4 is 29.3 Å². The number of aromatic nitrogens is 2. The van der Waals surface area contributed by atoms with Crippen molar-refractivity contribution in [1.82, 2.24) is 10.2 Å². The summed E-state index contributed by atoms with van der Waals surface area (Å²) in [5, 5.41) is 11.0. The van der Waals surface area contributed by atoms with Crippen LogP contribution in [-0.2, 0) is 9.53 Å². The van der Waals surface area contributed by atoms with Crippen molar-refractivity contribution in [3.8, 4) is 11.5 Å². The van der Waals surface area contributed by atoms with Crippen LogP contribution in [0, 0.1) is 0 Å². The minimum absolute atomic E-state index is 0.121. The molecule has 0 saturated carbocycles. The van der Waals surface area contributed by atoms with E-state index in [1.807, 2.05) is 30.3 Å². The van der Waals surface area contributed by atoms with Crippen molar-refractivity contribution in [2.75, 3.05) is 17.7 Å². The van der Waals surface area contributed by atoms with E-state index in [4.69, 9.17) is 9.15 Å². The first kappa shape index (κ1) is 18.7. The predicted molar refractivity (Wildman–Crippen MR) is 101 cm³/mol. The lowest BCUT2D eigenvalue weighted by molar-refractivity contribution is -0.113. The zero-order valence-corrected chi connectivity index (χ0v) is 15.4. The second kappa shape index (κ2) is 9.00. The Bertz CT molecular complexity index is 910. The van der Waals surface area contributed by atoms with E-state index in [9.17, 15) is 9.59 Å². The van der Waals surface area contributed by atoms with Crippen LogP contribution in [0.2, 0.25) is 0 Å². The van der Waals surface area contributed by atoms with Crippen LogP contribution in [0.15, 0.2) is 64.2 Å². The summed E-state index contributed by atoms with van der Waals surface area (Å²) in [4.78, 5) is 23.7. The highest BCUT2D eigenvalue weighted by atomic mass is 32.2. The number of hydrogen-bond donors (Lipinski definition) is 1. The minimum Gasteiger partial charge on any atom is -0.462 e. The van der Waals surface area contributed by atoms with Gasteiger partial charge in [0.25, 0.3) is 5.22 Å². The number of nitrogens with zero attached hydrogens (tertiary/aromatic N) is 2. The molecule has 27 heavy (non-hydrogen) atoms. The van der Waals surface area contributed by atoms with Crippen molar-refractivity contribution < 1.29 is 18.7 Å². The maximum Gasteiger partial charge on any atom is 0.338 e. The zero-order valence-electron chi connectivity index (χ0n) is 14.5. The van der Waals surface area contributed by atoms with Crippen LogP contribution in [0.3, 0.4) is 0 Å². The van der Waals surface area contributed by atoms with Gasteiger partial charge in [-0.3, -0.25) is 4.79 Å². The Morgan fingerprint density at radius 3 is 2.52 bits per heavy atom. The quantitative estimate of drug-likeness (QED) is 0.491. The van der Waals surface area contributed by atoms with E-state index in [2.05, 4.69) is 15.5 Å². The Morgan fingerprint density at radius 1 is 1.07 bits per heavy atom. The maximum absolute atomic E-state index is 12.1. The Morgan fingerprint density at radius 2 is 1.81 bits per heavy atom. The average molecular weight is 383 g/mol. The molecular weight excluding hydrogens is 366 g/mol. The van der Waals surface area contributed by atoms with Gasteiger partial charge in [-0.2, -0.15) is 0 Å². The van der Waals surface area contributed by atoms with Gasteiger partial charge in [0.15, 0.2) is 0 Å². The lowest BCUT2D eigenvalue weighted by Gasteiger charge is -2.05. The molecule has 0 aliphatic heterocycles. The van der Waals surface area contributed by atoms with E-state index in [1.54, 1.807) is 31.2 Å². The molecule has 0 bridgehead atoms. The summed E-state index contributed by atoms with van der Waals surface area (Å²) in [5.74, 6) is -0.0799. The summed E-state index contributed by atoms with van der Waals surface area (Å²) < 4.78 is 10.5. The number of carbonyl (C=O) groups is 2. The van der Waals surface area contributed by atoms with Crippen molar-refractivity contribution in [2.45, 2.75) is 12.1 Å². The molecule has 3 rings (SSSR count). The monoisotopic (exact) mass is 383 g/mol. The van der Waals surface area contributed by atoms with Crippen molar-refractivity contribution in [2.24, 2.45) is 0 Å². The van der Waals surface area contributed by atoms with E-state index in [0.717, 1.165) is 17.3 Å². The standard InChI is InChI=1S/C19H17N3O4S/c1-2-25-18(24)14-8-10-15(11-9-14)20-16(23)12-27-19-22-21-17(26-19)13-6-4-3-5-7-13/h3-11H,2,12H2,1H3,(H,20,23). The Balaban J connectivity index is 1.51. The molecule has 0 unspecified atom stereocenters. The van der Waals surface area contributed by atoms with Crippen LogP contribution in [-0.4, -0.2) is 34.4 Å². The van der Waals surface area contributed by atoms with Crippen LogP contribution >= 0.6 is 11.8 Å². The number of carbonyl (C=O) groups excluding carboxylic acids is 2. The van der Waals surface area contributed by atoms with E-state index < -0.39 is 5.97 Å². The van der Waals surface area contributed by atoms with Crippen LogP contribution in [0.5, 0.6) is 0 Å². The van der Waals surface area contributed by atoms with Gasteiger partial charge in [0.2, 0.25) is 11.8 Å². The third-order valence-corrected chi connectivity index (χ3v) is 4.25. The fourth-order valence-electron chi connectivity index (χ4n) is 2.19. The van der Waals surface area contributed by atoms with Gasteiger partial charge in [-0.1, -0.05) is 30.0 Å². The van der Waals surface area contributed by atoms with Gasteiger partial charge < -0.3 is 14.5 Å². The summed E-state index contributed by atoms with van der Waals surface area (Å²) in [7, 11) is 0. The van der Waals surface area contributed by atoms with Crippen molar-refractivity contribution in [3.05, 3.63) is 60.2 Å². The molecule has 1 amide bonds. The summed E-state index contributed by atoms with van der Waals surface area (Å²) >= 11 is 1.15. The summed E-state index contributed by atoms with van der Waals surface area (Å²) in [6.07, 6.45) is 0. The molecule has 0 saturated heterocycles. The first-order chi connectivity index (χ1) is 13.2. The summed E-state index contributed by atoms with van der Waals surface area (Å²) in [6.45, 7) is 2.06. The highest BCUT2D eigenvalue weighted by Gasteiger charge is 2.12. The number of amides is 1. The summed E-state index contributed by atoms with van der Waals surface area (Å²) in [5.41, 5.74) is 1.84. The summed E-state index contributed by atoms with van der Waals surface area (Å²) in [6, 6.07) is 15.9. The smallest absolute Gasteiger partial charge is 0.338 e. The first-order valence-corrected chi connectivity index (χ1v) is 9.23. The van der Waals surface area contributed by atoms with Gasteiger partial charge in [-0.15, -0.1) is 10.2 Å². The molecule has 0 fully saturated rings. The lowest BCUT2D eigenvalue weighted by atomic mass is 10.2. The molecule has 3 aromatic rings. The largest absolute Gasteiger partial charge is 0.462 e. The molecule has 0 radical (unpaired) electrons. The number of benzene rings is 2. The number of rotatable bonds is 7. The molecule has 7 nitrogen and oxygen atoms in total. The SMILES string of the molecule is CCOC(=O)c1ccc(NC(=O)CSc2nnc(-c3ccccc3)o2)cc1. The fourth-order valence-corrected chi connectivity index (χ4v) is 2.76. The molecule has 0 spiro atoms. The second-order valence-electron chi connectivity index (χ2n) is 5.37. The van der Waals surface area contributed by atoms with Crippen LogP contribution in [0.4, 0.5) is 5.69 Å². The number of thioether (sulfide) groups is 1. The van der Waals surface area contributed by atoms with Gasteiger partial charge in [0, 0.05) is 11.3 Å². The third kappa shape index (κ3) is 5.18. The number of ether oxygens (including phenoxy) is 1.